The van der Waals surface area contributed by atoms with Gasteiger partial charge >= 0.3 is 6.03 Å². The lowest BCUT2D eigenvalue weighted by molar-refractivity contribution is 0.254. The number of fused-ring (bicyclic) bond motifs is 1. The van der Waals surface area contributed by atoms with Gasteiger partial charge in [-0.3, -0.25) is 5.32 Å². The fraction of sp³-hybridized carbons (Fsp3) is 0.167. The minimum Gasteiger partial charge on any atom is -0.438 e. The topological polar surface area (TPSA) is 156 Å². The van der Waals surface area contributed by atoms with Crippen LogP contribution in [0.15, 0.2) is 115 Å². The van der Waals surface area contributed by atoms with Gasteiger partial charge in [-0.15, -0.1) is 0 Å². The molecule has 248 valence electrons. The van der Waals surface area contributed by atoms with Crippen molar-refractivity contribution in [2.45, 2.75) is 20.8 Å². The molecule has 5 aromatic rings. The summed E-state index contributed by atoms with van der Waals surface area (Å²) in [5.74, 6) is 1.77. The van der Waals surface area contributed by atoms with Crippen molar-refractivity contribution < 1.29 is 19.3 Å². The van der Waals surface area contributed by atoms with Gasteiger partial charge in [0.2, 0.25) is 11.8 Å². The number of benzene rings is 4. The molecule has 2 amide bonds. The highest BCUT2D eigenvalue weighted by Gasteiger charge is 2.18. The van der Waals surface area contributed by atoms with Gasteiger partial charge in [-0.25, -0.2) is 9.78 Å². The lowest BCUT2D eigenvalue weighted by Crippen LogP contribution is -2.33. The summed E-state index contributed by atoms with van der Waals surface area (Å²) in [6.45, 7) is 10.3. The number of urea groups is 1. The van der Waals surface area contributed by atoms with Crippen molar-refractivity contribution in [3.8, 4) is 11.6 Å². The maximum Gasteiger partial charge on any atom is 0.324 e. The van der Waals surface area contributed by atoms with Gasteiger partial charge in [0.25, 0.3) is 0 Å². The van der Waals surface area contributed by atoms with Crippen LogP contribution in [0, 0.1) is 10.8 Å². The fourth-order valence-electron chi connectivity index (χ4n) is 4.45. The molecular weight excluding hydrogens is 609 g/mol. The van der Waals surface area contributed by atoms with Crippen LogP contribution < -0.4 is 31.3 Å². The maximum atomic E-state index is 13.4. The van der Waals surface area contributed by atoms with Crippen molar-refractivity contribution in [2.75, 3.05) is 29.3 Å². The number of aromatic nitrogens is 2. The Hall–Kier alpha value is -5.31. The molecule has 0 aliphatic heterocycles. The van der Waals surface area contributed by atoms with Crippen LogP contribution >= 0.6 is 7.92 Å². The van der Waals surface area contributed by atoms with Gasteiger partial charge in [-0.2, -0.15) is 4.98 Å². The fourth-order valence-corrected chi connectivity index (χ4v) is 5.23. The SMILES string of the molecule is CP(C)c1cccc(N/C(=C\C(=N)C(C)(C)C)NC(=O)Nc2ccc(Oc3ccnc(Nc4ccccc4)n3)c3ccccc23)c1.O.[HH].[HH].[HH]. The molecule has 7 N–H and O–H groups in total. The van der Waals surface area contributed by atoms with Gasteiger partial charge in [-0.1, -0.05) is 83.3 Å². The zero-order valence-corrected chi connectivity index (χ0v) is 27.9. The van der Waals surface area contributed by atoms with E-state index in [0.29, 0.717) is 34.8 Å². The Morgan fingerprint density at radius 2 is 1.57 bits per heavy atom. The summed E-state index contributed by atoms with van der Waals surface area (Å²) < 4.78 is 6.20. The normalized spacial score (nSPS) is 11.4. The van der Waals surface area contributed by atoms with E-state index in [1.807, 2.05) is 87.5 Å². The molecule has 0 aliphatic rings. The van der Waals surface area contributed by atoms with Gasteiger partial charge < -0.3 is 31.6 Å². The molecular formula is C36H46N7O3P. The Morgan fingerprint density at radius 3 is 2.30 bits per heavy atom. The average Bonchev–Trinajstić information content (AvgIpc) is 3.02. The van der Waals surface area contributed by atoms with Crippen LogP contribution in [0.4, 0.5) is 27.8 Å². The van der Waals surface area contributed by atoms with Crippen molar-refractivity contribution in [1.29, 1.82) is 5.41 Å². The molecule has 1 aromatic heterocycles. The number of nitrogens with one attached hydrogen (secondary N) is 5. The molecule has 5 rings (SSSR count). The van der Waals surface area contributed by atoms with Crippen LogP contribution in [0.1, 0.15) is 25.1 Å². The van der Waals surface area contributed by atoms with Gasteiger partial charge in [0.1, 0.15) is 11.6 Å². The van der Waals surface area contributed by atoms with Crippen LogP contribution in [0.2, 0.25) is 0 Å². The predicted molar refractivity (Wildman–Crippen MR) is 202 cm³/mol. The number of rotatable bonds is 10. The summed E-state index contributed by atoms with van der Waals surface area (Å²) in [4.78, 5) is 22.2. The van der Waals surface area contributed by atoms with E-state index in [9.17, 15) is 4.79 Å². The van der Waals surface area contributed by atoms with E-state index in [4.69, 9.17) is 10.1 Å². The van der Waals surface area contributed by atoms with E-state index in [2.05, 4.69) is 56.7 Å². The highest BCUT2D eigenvalue weighted by Crippen LogP contribution is 2.34. The van der Waals surface area contributed by atoms with Crippen LogP contribution in [-0.4, -0.2) is 40.5 Å². The third kappa shape index (κ3) is 9.36. The first-order valence-electron chi connectivity index (χ1n) is 14.8. The largest absolute Gasteiger partial charge is 0.438 e. The van der Waals surface area contributed by atoms with E-state index in [0.717, 1.165) is 22.1 Å². The number of ether oxygens (including phenoxy) is 1. The third-order valence-electron chi connectivity index (χ3n) is 6.99. The van der Waals surface area contributed by atoms with Crippen molar-refractivity contribution in [3.63, 3.8) is 0 Å². The lowest BCUT2D eigenvalue weighted by Gasteiger charge is -2.20. The molecule has 11 heteroatoms. The van der Waals surface area contributed by atoms with E-state index >= 15 is 0 Å². The second-order valence-electron chi connectivity index (χ2n) is 11.8. The number of para-hydroxylation sites is 1. The predicted octanol–water partition coefficient (Wildman–Crippen LogP) is 8.59. The summed E-state index contributed by atoms with van der Waals surface area (Å²) in [6.07, 6.45) is 3.29. The molecule has 0 fully saturated rings. The number of amides is 2. The highest BCUT2D eigenvalue weighted by atomic mass is 31.1. The van der Waals surface area contributed by atoms with Crippen molar-refractivity contribution >= 4 is 58.8 Å². The standard InChI is InChI=1S/C36H38N7O2P.H2O.3H2/c1-36(2,3)31(37)23-32(39-25-14-11-15-26(22-25)46(4)5)42-35(44)41-29-18-19-30(28-17-10-9-16-27(28)29)45-33-20-21-38-34(43-33)40-24-12-7-6-8-13-24;;;;/h6-23,37,39H,1-5H3,(H,38,40,43)(H2,41,42,44);1H2;3*1H/b32-23+,37-31?;;;;. The second-order valence-corrected chi connectivity index (χ2v) is 14.1. The van der Waals surface area contributed by atoms with E-state index < -0.39 is 11.4 Å². The first-order valence-corrected chi connectivity index (χ1v) is 17.1. The first-order chi connectivity index (χ1) is 22.0. The van der Waals surface area contributed by atoms with Crippen molar-refractivity contribution in [3.05, 3.63) is 115 Å². The van der Waals surface area contributed by atoms with Gasteiger partial charge in [-0.05, 0) is 55.0 Å². The van der Waals surface area contributed by atoms with Crippen molar-refractivity contribution in [2.24, 2.45) is 5.41 Å². The molecule has 0 unspecified atom stereocenters. The van der Waals surface area contributed by atoms with Crippen LogP contribution in [0.3, 0.4) is 0 Å². The van der Waals surface area contributed by atoms with E-state index in [1.54, 1.807) is 30.5 Å². The monoisotopic (exact) mass is 655 g/mol. The van der Waals surface area contributed by atoms with E-state index in [-0.39, 0.29) is 17.7 Å². The molecule has 0 radical (unpaired) electrons. The number of carbonyl (C=O) groups excluding carboxylic acids is 1. The number of allylic oxidation sites excluding steroid dienone is 1. The number of carbonyl (C=O) groups is 1. The lowest BCUT2D eigenvalue weighted by atomic mass is 9.90. The highest BCUT2D eigenvalue weighted by molar-refractivity contribution is 7.64. The molecule has 0 saturated heterocycles. The zero-order chi connectivity index (χ0) is 32.7. The summed E-state index contributed by atoms with van der Waals surface area (Å²) in [5, 5.41) is 23.8. The molecule has 1 heterocycles. The summed E-state index contributed by atoms with van der Waals surface area (Å²) >= 11 is 0. The Labute approximate surface area is 280 Å². The number of hydrogen-bond donors (Lipinski definition) is 5. The molecule has 0 bridgehead atoms. The third-order valence-corrected chi connectivity index (χ3v) is 8.30. The first kappa shape index (κ1) is 34.6. The smallest absolute Gasteiger partial charge is 0.324 e. The number of hydrogen-bond acceptors (Lipinski definition) is 7. The molecule has 10 nitrogen and oxygen atoms in total. The minimum atomic E-state index is -0.448. The Balaban J connectivity index is 0.00000312. The number of anilines is 4. The summed E-state index contributed by atoms with van der Waals surface area (Å²) in [6, 6.07) is 30.3. The maximum absolute atomic E-state index is 13.4. The molecule has 0 spiro atoms. The second kappa shape index (κ2) is 15.3. The molecule has 0 saturated carbocycles. The molecule has 0 aliphatic carbocycles. The molecule has 0 atom stereocenters. The van der Waals surface area contributed by atoms with Gasteiger partial charge in [0.05, 0.1) is 5.69 Å². The Morgan fingerprint density at radius 1 is 0.872 bits per heavy atom. The zero-order valence-electron chi connectivity index (χ0n) is 27.1. The average molecular weight is 656 g/mol. The molecule has 47 heavy (non-hydrogen) atoms. The number of nitrogens with zero attached hydrogens (tertiary/aromatic N) is 2. The van der Waals surface area contributed by atoms with Crippen molar-refractivity contribution in [1.82, 2.24) is 15.3 Å². The van der Waals surface area contributed by atoms with E-state index in [1.165, 1.54) is 5.30 Å². The quantitative estimate of drug-likeness (QED) is 0.0750. The van der Waals surface area contributed by atoms with Crippen LogP contribution in [0.25, 0.3) is 10.8 Å². The Bertz CT molecular complexity index is 1910. The summed E-state index contributed by atoms with van der Waals surface area (Å²) in [5.41, 5.74) is 2.28. The summed E-state index contributed by atoms with van der Waals surface area (Å²) in [7, 11) is -0.293. The van der Waals surface area contributed by atoms with Gasteiger partial charge in [0, 0.05) is 55.9 Å². The van der Waals surface area contributed by atoms with Gasteiger partial charge in [0.15, 0.2) is 0 Å². The van der Waals surface area contributed by atoms with Crippen LogP contribution in [0.5, 0.6) is 11.6 Å². The van der Waals surface area contributed by atoms with Crippen LogP contribution in [-0.2, 0) is 0 Å². The minimum absolute atomic E-state index is 0. The molecule has 4 aromatic carbocycles. The Kier molecular flexibility index (Phi) is 11.3.